The molecule has 1 fully saturated rings. The van der Waals surface area contributed by atoms with Crippen molar-refractivity contribution in [1.82, 2.24) is 10.2 Å². The fourth-order valence-electron chi connectivity index (χ4n) is 4.29. The predicted octanol–water partition coefficient (Wildman–Crippen LogP) is 4.39. The van der Waals surface area contributed by atoms with Crippen molar-refractivity contribution in [1.29, 1.82) is 0 Å². The standard InChI is InChI=1S/C26H34BrN3O4S/c1-19-12-14-21(15-13-19)17-29(20(2)26(32)28-23-9-5-4-6-10-23)25(31)18-30(35(3,33)34)24-11-7-8-22(27)16-24/h7-8,11-16,20,23H,4-6,9-10,17-18H2,1-3H3,(H,28,32). The van der Waals surface area contributed by atoms with Crippen molar-refractivity contribution in [2.75, 3.05) is 17.1 Å². The van der Waals surface area contributed by atoms with Gasteiger partial charge in [0.2, 0.25) is 21.8 Å². The van der Waals surface area contributed by atoms with Gasteiger partial charge in [-0.15, -0.1) is 0 Å². The molecule has 1 atom stereocenters. The van der Waals surface area contributed by atoms with Crippen LogP contribution in [0.5, 0.6) is 0 Å². The average molecular weight is 565 g/mol. The summed E-state index contributed by atoms with van der Waals surface area (Å²) >= 11 is 3.36. The zero-order valence-electron chi connectivity index (χ0n) is 20.5. The zero-order valence-corrected chi connectivity index (χ0v) is 22.9. The van der Waals surface area contributed by atoms with Crippen LogP contribution in [0.25, 0.3) is 0 Å². The first-order valence-corrected chi connectivity index (χ1v) is 14.6. The molecule has 9 heteroatoms. The Morgan fingerprint density at radius 1 is 1.09 bits per heavy atom. The van der Waals surface area contributed by atoms with Crippen LogP contribution in [0, 0.1) is 6.92 Å². The van der Waals surface area contributed by atoms with Crippen LogP contribution in [0.1, 0.15) is 50.2 Å². The van der Waals surface area contributed by atoms with Gasteiger partial charge < -0.3 is 10.2 Å². The van der Waals surface area contributed by atoms with Gasteiger partial charge in [0.25, 0.3) is 0 Å². The molecule has 0 spiro atoms. The van der Waals surface area contributed by atoms with E-state index >= 15 is 0 Å². The molecule has 1 saturated carbocycles. The van der Waals surface area contributed by atoms with E-state index in [1.54, 1.807) is 31.2 Å². The highest BCUT2D eigenvalue weighted by Gasteiger charge is 2.31. The van der Waals surface area contributed by atoms with E-state index in [-0.39, 0.29) is 18.5 Å². The highest BCUT2D eigenvalue weighted by atomic mass is 79.9. The van der Waals surface area contributed by atoms with Gasteiger partial charge in [-0.1, -0.05) is 71.1 Å². The van der Waals surface area contributed by atoms with Gasteiger partial charge in [-0.2, -0.15) is 0 Å². The van der Waals surface area contributed by atoms with Crippen molar-refractivity contribution in [3.8, 4) is 0 Å². The normalized spacial score (nSPS) is 15.3. The number of anilines is 1. The fourth-order valence-corrected chi connectivity index (χ4v) is 5.52. The quantitative estimate of drug-likeness (QED) is 0.490. The zero-order chi connectivity index (χ0) is 25.6. The number of rotatable bonds is 9. The van der Waals surface area contributed by atoms with Crippen LogP contribution >= 0.6 is 15.9 Å². The number of sulfonamides is 1. The Morgan fingerprint density at radius 2 is 1.74 bits per heavy atom. The third-order valence-electron chi connectivity index (χ3n) is 6.37. The van der Waals surface area contributed by atoms with E-state index in [4.69, 9.17) is 0 Å². The molecule has 0 aliphatic heterocycles. The molecule has 0 aromatic heterocycles. The summed E-state index contributed by atoms with van der Waals surface area (Å²) < 4.78 is 27.0. The average Bonchev–Trinajstić information content (AvgIpc) is 2.81. The number of nitrogens with zero attached hydrogens (tertiary/aromatic N) is 2. The van der Waals surface area contributed by atoms with Gasteiger partial charge in [0, 0.05) is 17.1 Å². The summed E-state index contributed by atoms with van der Waals surface area (Å²) in [5.74, 6) is -0.659. The van der Waals surface area contributed by atoms with Gasteiger partial charge in [0.15, 0.2) is 0 Å². The maximum Gasteiger partial charge on any atom is 0.244 e. The number of nitrogens with one attached hydrogen (secondary N) is 1. The van der Waals surface area contributed by atoms with Gasteiger partial charge in [-0.3, -0.25) is 13.9 Å². The molecule has 1 N–H and O–H groups in total. The van der Waals surface area contributed by atoms with E-state index in [2.05, 4.69) is 21.2 Å². The first kappa shape index (κ1) is 27.2. The molecular formula is C26H34BrN3O4S. The molecule has 0 heterocycles. The van der Waals surface area contributed by atoms with E-state index in [0.717, 1.165) is 47.4 Å². The summed E-state index contributed by atoms with van der Waals surface area (Å²) in [5, 5.41) is 3.10. The van der Waals surface area contributed by atoms with Crippen LogP contribution in [0.3, 0.4) is 0 Å². The van der Waals surface area contributed by atoms with Crippen molar-refractivity contribution in [2.45, 2.75) is 64.6 Å². The summed E-state index contributed by atoms with van der Waals surface area (Å²) in [6.07, 6.45) is 6.30. The number of hydrogen-bond donors (Lipinski definition) is 1. The van der Waals surface area contributed by atoms with Crippen LogP contribution in [-0.4, -0.2) is 50.0 Å². The van der Waals surface area contributed by atoms with E-state index in [1.807, 2.05) is 31.2 Å². The summed E-state index contributed by atoms with van der Waals surface area (Å²) in [5.41, 5.74) is 2.34. The van der Waals surface area contributed by atoms with Crippen molar-refractivity contribution < 1.29 is 18.0 Å². The number of carbonyl (C=O) groups excluding carboxylic acids is 2. The highest BCUT2D eigenvalue weighted by Crippen LogP contribution is 2.23. The number of benzene rings is 2. The molecule has 7 nitrogen and oxygen atoms in total. The molecule has 1 unspecified atom stereocenters. The first-order chi connectivity index (χ1) is 16.5. The molecule has 2 amide bonds. The lowest BCUT2D eigenvalue weighted by molar-refractivity contribution is -0.139. The number of carbonyl (C=O) groups is 2. The first-order valence-electron chi connectivity index (χ1n) is 11.9. The van der Waals surface area contributed by atoms with Crippen LogP contribution in [0.15, 0.2) is 53.0 Å². The second-order valence-corrected chi connectivity index (χ2v) is 12.1. The Bertz CT molecular complexity index is 1130. The lowest BCUT2D eigenvalue weighted by atomic mass is 9.95. The molecule has 1 aliphatic carbocycles. The number of hydrogen-bond acceptors (Lipinski definition) is 4. The SMILES string of the molecule is Cc1ccc(CN(C(=O)CN(c2cccc(Br)c2)S(C)(=O)=O)C(C)C(=O)NC2CCCCC2)cc1. The molecule has 0 radical (unpaired) electrons. The molecule has 190 valence electrons. The second-order valence-electron chi connectivity index (χ2n) is 9.28. The largest absolute Gasteiger partial charge is 0.352 e. The van der Waals surface area contributed by atoms with E-state index in [0.29, 0.717) is 10.2 Å². The Labute approximate surface area is 217 Å². The summed E-state index contributed by atoms with van der Waals surface area (Å²) in [4.78, 5) is 28.2. The predicted molar refractivity (Wildman–Crippen MR) is 143 cm³/mol. The van der Waals surface area contributed by atoms with Crippen molar-refractivity contribution >= 4 is 43.5 Å². The Balaban J connectivity index is 1.86. The fraction of sp³-hybridized carbons (Fsp3) is 0.462. The number of amides is 2. The van der Waals surface area contributed by atoms with Crippen LogP contribution in [-0.2, 0) is 26.2 Å². The summed E-state index contributed by atoms with van der Waals surface area (Å²) in [6, 6.07) is 13.9. The molecule has 35 heavy (non-hydrogen) atoms. The van der Waals surface area contributed by atoms with Gasteiger partial charge in [-0.05, 0) is 50.5 Å². The lowest BCUT2D eigenvalue weighted by Crippen LogP contribution is -2.52. The Morgan fingerprint density at radius 3 is 2.34 bits per heavy atom. The van der Waals surface area contributed by atoms with Crippen molar-refractivity contribution in [3.05, 3.63) is 64.1 Å². The molecule has 3 rings (SSSR count). The van der Waals surface area contributed by atoms with E-state index in [9.17, 15) is 18.0 Å². The summed E-state index contributed by atoms with van der Waals surface area (Å²) in [7, 11) is -3.75. The molecule has 0 bridgehead atoms. The van der Waals surface area contributed by atoms with E-state index < -0.39 is 28.5 Å². The third kappa shape index (κ3) is 7.80. The van der Waals surface area contributed by atoms with Gasteiger partial charge >= 0.3 is 0 Å². The van der Waals surface area contributed by atoms with Crippen LogP contribution in [0.2, 0.25) is 0 Å². The molecule has 2 aromatic rings. The Kier molecular flexibility index (Phi) is 9.35. The maximum atomic E-state index is 13.6. The molecule has 2 aromatic carbocycles. The molecule has 0 saturated heterocycles. The minimum atomic E-state index is -3.75. The van der Waals surface area contributed by atoms with Gasteiger partial charge in [0.05, 0.1) is 11.9 Å². The number of aryl methyl sites for hydroxylation is 1. The van der Waals surface area contributed by atoms with Crippen LogP contribution < -0.4 is 9.62 Å². The third-order valence-corrected chi connectivity index (χ3v) is 8.00. The number of halogens is 1. The maximum absolute atomic E-state index is 13.6. The molecule has 1 aliphatic rings. The van der Waals surface area contributed by atoms with E-state index in [1.165, 1.54) is 11.3 Å². The van der Waals surface area contributed by atoms with Crippen molar-refractivity contribution in [2.24, 2.45) is 0 Å². The highest BCUT2D eigenvalue weighted by molar-refractivity contribution is 9.10. The molecular weight excluding hydrogens is 530 g/mol. The minimum Gasteiger partial charge on any atom is -0.352 e. The Hall–Kier alpha value is -2.39. The lowest BCUT2D eigenvalue weighted by Gasteiger charge is -2.33. The smallest absolute Gasteiger partial charge is 0.244 e. The monoisotopic (exact) mass is 563 g/mol. The minimum absolute atomic E-state index is 0.115. The summed E-state index contributed by atoms with van der Waals surface area (Å²) in [6.45, 7) is 3.49. The van der Waals surface area contributed by atoms with Gasteiger partial charge in [-0.25, -0.2) is 8.42 Å². The topological polar surface area (TPSA) is 86.8 Å². The van der Waals surface area contributed by atoms with Crippen LogP contribution in [0.4, 0.5) is 5.69 Å². The van der Waals surface area contributed by atoms with Gasteiger partial charge in [0.1, 0.15) is 12.6 Å². The second kappa shape index (κ2) is 12.0. The van der Waals surface area contributed by atoms with Crippen molar-refractivity contribution in [3.63, 3.8) is 0 Å².